The molecule has 0 radical (unpaired) electrons. The van der Waals surface area contributed by atoms with E-state index in [2.05, 4.69) is 27.3 Å². The van der Waals surface area contributed by atoms with Crippen LogP contribution in [0.1, 0.15) is 16.1 Å². The second-order valence-corrected chi connectivity index (χ2v) is 5.74. The summed E-state index contributed by atoms with van der Waals surface area (Å²) < 4.78 is 5.58. The number of amides is 2. The molecular formula is C17H20N4O3. The Kier molecular flexibility index (Phi) is 4.93. The van der Waals surface area contributed by atoms with E-state index in [0.29, 0.717) is 18.8 Å². The number of nitrogens with two attached hydrogens (primary N) is 1. The number of carbonyl (C=O) groups is 2. The molecule has 1 aromatic carbocycles. The van der Waals surface area contributed by atoms with E-state index in [-0.39, 0.29) is 11.6 Å². The third-order valence-electron chi connectivity index (χ3n) is 3.91. The summed E-state index contributed by atoms with van der Waals surface area (Å²) >= 11 is 0. The van der Waals surface area contributed by atoms with E-state index in [4.69, 9.17) is 10.5 Å². The van der Waals surface area contributed by atoms with Gasteiger partial charge in [-0.25, -0.2) is 0 Å². The van der Waals surface area contributed by atoms with Crippen molar-refractivity contribution in [1.29, 1.82) is 0 Å². The van der Waals surface area contributed by atoms with Crippen LogP contribution >= 0.6 is 0 Å². The molecular weight excluding hydrogens is 308 g/mol. The minimum absolute atomic E-state index is 0.234. The molecule has 1 unspecified atom stereocenters. The molecule has 24 heavy (non-hydrogen) atoms. The van der Waals surface area contributed by atoms with Gasteiger partial charge in [0.05, 0.1) is 12.3 Å². The number of H-pyrrole nitrogens is 1. The first kappa shape index (κ1) is 16.2. The maximum atomic E-state index is 12.4. The number of anilines is 1. The van der Waals surface area contributed by atoms with Crippen LogP contribution in [0.3, 0.4) is 0 Å². The Labute approximate surface area is 139 Å². The first-order valence-electron chi connectivity index (χ1n) is 7.79. The average Bonchev–Trinajstić information content (AvgIpc) is 3.05. The number of hydrogen-bond acceptors (Lipinski definition) is 4. The number of primary amides is 1. The normalized spacial score (nSPS) is 18.2. The topological polar surface area (TPSA) is 100 Å². The lowest BCUT2D eigenvalue weighted by Gasteiger charge is -2.32. The van der Waals surface area contributed by atoms with Gasteiger partial charge in [-0.1, -0.05) is 30.3 Å². The third-order valence-corrected chi connectivity index (χ3v) is 3.91. The Morgan fingerprint density at radius 1 is 1.33 bits per heavy atom. The lowest BCUT2D eigenvalue weighted by Crippen LogP contribution is -2.47. The fourth-order valence-electron chi connectivity index (χ4n) is 2.68. The molecule has 2 heterocycles. The zero-order chi connectivity index (χ0) is 16.9. The molecule has 1 saturated heterocycles. The van der Waals surface area contributed by atoms with E-state index in [9.17, 15) is 9.59 Å². The van der Waals surface area contributed by atoms with Gasteiger partial charge in [-0.15, -0.1) is 0 Å². The van der Waals surface area contributed by atoms with Gasteiger partial charge < -0.3 is 20.8 Å². The number of ether oxygens (including phenoxy) is 1. The lowest BCUT2D eigenvalue weighted by molar-refractivity contribution is -0.133. The van der Waals surface area contributed by atoms with Crippen molar-refractivity contribution in [2.75, 3.05) is 25.0 Å². The minimum Gasteiger partial charge on any atom is -0.366 e. The van der Waals surface area contributed by atoms with Gasteiger partial charge in [0.1, 0.15) is 11.8 Å². The van der Waals surface area contributed by atoms with Gasteiger partial charge >= 0.3 is 0 Å². The van der Waals surface area contributed by atoms with E-state index in [0.717, 1.165) is 13.1 Å². The first-order chi connectivity index (χ1) is 11.6. The van der Waals surface area contributed by atoms with Gasteiger partial charge in [-0.3, -0.25) is 14.5 Å². The summed E-state index contributed by atoms with van der Waals surface area (Å²) in [6.45, 7) is 2.59. The van der Waals surface area contributed by atoms with Crippen molar-refractivity contribution in [2.45, 2.75) is 12.6 Å². The molecule has 126 valence electrons. The molecule has 0 aliphatic carbocycles. The van der Waals surface area contributed by atoms with E-state index in [1.54, 1.807) is 0 Å². The van der Waals surface area contributed by atoms with Gasteiger partial charge in [0.2, 0.25) is 0 Å². The van der Waals surface area contributed by atoms with Crippen molar-refractivity contribution in [1.82, 2.24) is 9.88 Å². The molecule has 1 fully saturated rings. The van der Waals surface area contributed by atoms with Crippen LogP contribution in [-0.4, -0.2) is 47.5 Å². The molecule has 1 aliphatic heterocycles. The number of benzene rings is 1. The number of nitrogens with one attached hydrogen (secondary N) is 2. The Balaban J connectivity index is 1.57. The van der Waals surface area contributed by atoms with Crippen LogP contribution in [0.2, 0.25) is 0 Å². The maximum Gasteiger partial charge on any atom is 0.265 e. The fraction of sp³-hybridized carbons (Fsp3) is 0.294. The molecule has 7 heteroatoms. The predicted molar refractivity (Wildman–Crippen MR) is 89.4 cm³/mol. The second kappa shape index (κ2) is 7.29. The number of nitrogens with zero attached hydrogens (tertiary/aromatic N) is 1. The van der Waals surface area contributed by atoms with E-state index in [1.165, 1.54) is 17.8 Å². The highest BCUT2D eigenvalue weighted by Crippen LogP contribution is 2.14. The molecule has 2 amide bonds. The smallest absolute Gasteiger partial charge is 0.265 e. The summed E-state index contributed by atoms with van der Waals surface area (Å²) in [6, 6.07) is 11.6. The van der Waals surface area contributed by atoms with Gasteiger partial charge in [0.25, 0.3) is 11.8 Å². The predicted octanol–water partition coefficient (Wildman–Crippen LogP) is 0.953. The molecule has 3 rings (SSSR count). The summed E-state index contributed by atoms with van der Waals surface area (Å²) in [7, 11) is 0. The standard InChI is InChI=1S/C17H20N4O3/c18-16(22)14-8-13(9-19-14)20-17(23)15-11-21(6-7-24-15)10-12-4-2-1-3-5-12/h1-5,8-9,15,19H,6-7,10-11H2,(H2,18,22)(H,20,23). The number of hydrogen-bond donors (Lipinski definition) is 3. The number of morpholine rings is 1. The van der Waals surface area contributed by atoms with Crippen molar-refractivity contribution >= 4 is 17.5 Å². The quantitative estimate of drug-likeness (QED) is 0.761. The number of carbonyl (C=O) groups excluding carboxylic acids is 2. The molecule has 0 bridgehead atoms. The summed E-state index contributed by atoms with van der Waals surface area (Å²) in [6.07, 6.45) is 0.983. The molecule has 7 nitrogen and oxygen atoms in total. The second-order valence-electron chi connectivity index (χ2n) is 5.74. The molecule has 1 atom stereocenters. The molecule has 1 aromatic heterocycles. The summed E-state index contributed by atoms with van der Waals surface area (Å²) in [5, 5.41) is 2.74. The van der Waals surface area contributed by atoms with Crippen LogP contribution in [0.4, 0.5) is 5.69 Å². The number of aromatic amines is 1. The minimum atomic E-state index is -0.571. The number of rotatable bonds is 5. The van der Waals surface area contributed by atoms with Crippen molar-refractivity contribution in [2.24, 2.45) is 5.73 Å². The van der Waals surface area contributed by atoms with Crippen LogP contribution in [0.25, 0.3) is 0 Å². The average molecular weight is 328 g/mol. The van der Waals surface area contributed by atoms with E-state index >= 15 is 0 Å². The van der Waals surface area contributed by atoms with Crippen LogP contribution in [-0.2, 0) is 16.1 Å². The molecule has 4 N–H and O–H groups in total. The summed E-state index contributed by atoms with van der Waals surface area (Å²) in [4.78, 5) is 28.3. The Bertz CT molecular complexity index is 714. The first-order valence-corrected chi connectivity index (χ1v) is 7.79. The van der Waals surface area contributed by atoms with Gasteiger partial charge in [0, 0.05) is 25.8 Å². The SMILES string of the molecule is NC(=O)c1cc(NC(=O)C2CN(Cc3ccccc3)CCO2)c[nH]1. The monoisotopic (exact) mass is 328 g/mol. The van der Waals surface area contributed by atoms with Gasteiger partial charge in [0.15, 0.2) is 0 Å². The number of aromatic nitrogens is 1. The lowest BCUT2D eigenvalue weighted by atomic mass is 10.2. The summed E-state index contributed by atoms with van der Waals surface area (Å²) in [5.41, 5.74) is 7.13. The largest absolute Gasteiger partial charge is 0.366 e. The molecule has 1 aliphatic rings. The van der Waals surface area contributed by atoms with Crippen molar-refractivity contribution in [3.05, 3.63) is 53.9 Å². The van der Waals surface area contributed by atoms with E-state index in [1.807, 2.05) is 18.2 Å². The Morgan fingerprint density at radius 2 is 2.12 bits per heavy atom. The molecule has 0 saturated carbocycles. The molecule has 0 spiro atoms. The van der Waals surface area contributed by atoms with Crippen molar-refractivity contribution in [3.8, 4) is 0 Å². The van der Waals surface area contributed by atoms with Crippen LogP contribution in [0, 0.1) is 0 Å². The van der Waals surface area contributed by atoms with Crippen LogP contribution in [0.5, 0.6) is 0 Å². The third kappa shape index (κ3) is 4.01. The molecule has 2 aromatic rings. The summed E-state index contributed by atoms with van der Waals surface area (Å²) in [5.74, 6) is -0.804. The fourth-order valence-corrected chi connectivity index (χ4v) is 2.68. The van der Waals surface area contributed by atoms with Crippen molar-refractivity contribution in [3.63, 3.8) is 0 Å². The van der Waals surface area contributed by atoms with Gasteiger partial charge in [-0.05, 0) is 11.6 Å². The highest BCUT2D eigenvalue weighted by molar-refractivity contribution is 5.97. The highest BCUT2D eigenvalue weighted by atomic mass is 16.5. The zero-order valence-electron chi connectivity index (χ0n) is 13.2. The Hall–Kier alpha value is -2.64. The zero-order valence-corrected chi connectivity index (χ0v) is 13.2. The maximum absolute atomic E-state index is 12.4. The van der Waals surface area contributed by atoms with Crippen molar-refractivity contribution < 1.29 is 14.3 Å². The van der Waals surface area contributed by atoms with Crippen LogP contribution in [0.15, 0.2) is 42.6 Å². The highest BCUT2D eigenvalue weighted by Gasteiger charge is 2.27. The van der Waals surface area contributed by atoms with Gasteiger partial charge in [-0.2, -0.15) is 0 Å². The van der Waals surface area contributed by atoms with Crippen LogP contribution < -0.4 is 11.1 Å². The van der Waals surface area contributed by atoms with E-state index < -0.39 is 12.0 Å². The Morgan fingerprint density at radius 3 is 2.83 bits per heavy atom.